The molecule has 0 aliphatic carbocycles. The Labute approximate surface area is 190 Å². The topological polar surface area (TPSA) is 129 Å². The first kappa shape index (κ1) is 22.5. The highest BCUT2D eigenvalue weighted by Crippen LogP contribution is 2.35. The van der Waals surface area contributed by atoms with Gasteiger partial charge in [-0.2, -0.15) is 0 Å². The zero-order valence-corrected chi connectivity index (χ0v) is 18.2. The van der Waals surface area contributed by atoms with Crippen LogP contribution in [0.1, 0.15) is 25.7 Å². The normalized spacial score (nSPS) is 22.2. The number of benzene rings is 1. The van der Waals surface area contributed by atoms with E-state index in [1.807, 2.05) is 24.4 Å². The zero-order chi connectivity index (χ0) is 23.4. The predicted molar refractivity (Wildman–Crippen MR) is 122 cm³/mol. The molecule has 33 heavy (non-hydrogen) atoms. The largest absolute Gasteiger partial charge is 0.478 e. The fraction of sp³-hybridized carbons (Fsp3) is 0.333. The summed E-state index contributed by atoms with van der Waals surface area (Å²) in [5.41, 5.74) is 3.08. The molecule has 172 valence electrons. The fourth-order valence-electron chi connectivity index (χ4n) is 4.61. The molecule has 0 spiro atoms. The monoisotopic (exact) mass is 450 g/mol. The van der Waals surface area contributed by atoms with Gasteiger partial charge in [0, 0.05) is 53.0 Å². The van der Waals surface area contributed by atoms with Gasteiger partial charge >= 0.3 is 11.9 Å². The van der Waals surface area contributed by atoms with E-state index in [0.29, 0.717) is 30.1 Å². The van der Waals surface area contributed by atoms with E-state index in [1.54, 1.807) is 0 Å². The van der Waals surface area contributed by atoms with Gasteiger partial charge < -0.3 is 24.8 Å². The maximum Gasteiger partial charge on any atom is 0.328 e. The summed E-state index contributed by atoms with van der Waals surface area (Å²) in [6.07, 6.45) is 8.12. The average Bonchev–Trinajstić information content (AvgIpc) is 3.34. The number of aromatic amines is 1. The van der Waals surface area contributed by atoms with Crippen LogP contribution in [0, 0.1) is 0 Å². The number of rotatable bonds is 5. The van der Waals surface area contributed by atoms with Gasteiger partial charge in [-0.05, 0) is 50.9 Å². The summed E-state index contributed by atoms with van der Waals surface area (Å²) in [4.78, 5) is 24.9. The number of hydrogen-bond acceptors (Lipinski definition) is 6. The number of nitrogens with one attached hydrogen (secondary N) is 1. The van der Waals surface area contributed by atoms with Crippen molar-refractivity contribution in [2.45, 2.75) is 43.9 Å². The highest BCUT2D eigenvalue weighted by Gasteiger charge is 2.39. The number of hydrogen-bond donors (Lipinski definition) is 3. The molecule has 2 atom stereocenters. The first-order valence-corrected chi connectivity index (χ1v) is 10.8. The third kappa shape index (κ3) is 5.38. The summed E-state index contributed by atoms with van der Waals surface area (Å²) in [6.45, 7) is 0. The lowest BCUT2D eigenvalue weighted by Gasteiger charge is -2.35. The van der Waals surface area contributed by atoms with Crippen LogP contribution in [0.3, 0.4) is 0 Å². The van der Waals surface area contributed by atoms with Crippen molar-refractivity contribution in [3.8, 4) is 17.1 Å². The standard InChI is InChI=1S/C20H22N4O.C4H4O4/c1-24-13-5-6-14(24)12-15(11-13)25-20-8-7-19(22-23-20)16-3-2-4-18-17(16)9-10-21-18;5-3(6)1-2-4(7)8/h2-4,7-10,13-15,21H,5-6,11-12H2,1H3;1-2H,(H,5,6)(H,7,8)/b;2-1+. The first-order valence-electron chi connectivity index (χ1n) is 10.8. The van der Waals surface area contributed by atoms with Gasteiger partial charge in [0.2, 0.25) is 5.88 Å². The van der Waals surface area contributed by atoms with Gasteiger partial charge in [0.1, 0.15) is 6.10 Å². The highest BCUT2D eigenvalue weighted by molar-refractivity contribution is 5.94. The van der Waals surface area contributed by atoms with Crippen molar-refractivity contribution in [3.63, 3.8) is 0 Å². The summed E-state index contributed by atoms with van der Waals surface area (Å²) in [5.74, 6) is -1.88. The van der Waals surface area contributed by atoms with Gasteiger partial charge in [-0.25, -0.2) is 9.59 Å². The lowest BCUT2D eigenvalue weighted by atomic mass is 10.0. The van der Waals surface area contributed by atoms with E-state index in [4.69, 9.17) is 14.9 Å². The van der Waals surface area contributed by atoms with E-state index < -0.39 is 11.9 Å². The second-order valence-electron chi connectivity index (χ2n) is 8.27. The van der Waals surface area contributed by atoms with E-state index >= 15 is 0 Å². The first-order chi connectivity index (χ1) is 15.9. The molecule has 2 saturated heterocycles. The number of piperidine rings is 1. The molecule has 2 aliphatic heterocycles. The fourth-order valence-corrected chi connectivity index (χ4v) is 4.61. The highest BCUT2D eigenvalue weighted by atomic mass is 16.5. The average molecular weight is 450 g/mol. The van der Waals surface area contributed by atoms with Crippen molar-refractivity contribution < 1.29 is 24.5 Å². The number of nitrogens with zero attached hydrogens (tertiary/aromatic N) is 3. The maximum atomic E-state index is 9.55. The molecular formula is C24H26N4O5. The number of aromatic nitrogens is 3. The Kier molecular flexibility index (Phi) is 6.69. The SMILES string of the molecule is CN1C2CCC1CC(Oc1ccc(-c3cccc4[nH]ccc34)nn1)C2.O=C(O)/C=C/C(=O)O. The summed E-state index contributed by atoms with van der Waals surface area (Å²) < 4.78 is 6.14. The van der Waals surface area contributed by atoms with Crippen LogP contribution in [0.2, 0.25) is 0 Å². The second kappa shape index (κ2) is 9.83. The minimum Gasteiger partial charge on any atom is -0.478 e. The van der Waals surface area contributed by atoms with Crippen molar-refractivity contribution in [3.05, 3.63) is 54.7 Å². The Hall–Kier alpha value is -3.72. The predicted octanol–water partition coefficient (Wildman–Crippen LogP) is 3.34. The summed E-state index contributed by atoms with van der Waals surface area (Å²) in [7, 11) is 2.24. The molecule has 3 N–H and O–H groups in total. The zero-order valence-electron chi connectivity index (χ0n) is 18.2. The van der Waals surface area contributed by atoms with E-state index in [0.717, 1.165) is 35.0 Å². The molecule has 2 fully saturated rings. The van der Waals surface area contributed by atoms with Crippen LogP contribution in [0.25, 0.3) is 22.2 Å². The molecular weight excluding hydrogens is 424 g/mol. The smallest absolute Gasteiger partial charge is 0.328 e. The number of H-pyrrole nitrogens is 1. The Morgan fingerprint density at radius 1 is 1.03 bits per heavy atom. The number of carboxylic acid groups (broad SMARTS) is 2. The molecule has 2 bridgehead atoms. The molecule has 2 unspecified atom stereocenters. The summed E-state index contributed by atoms with van der Waals surface area (Å²) in [6, 6.07) is 13.6. The molecule has 0 saturated carbocycles. The molecule has 9 heteroatoms. The van der Waals surface area contributed by atoms with Crippen molar-refractivity contribution in [2.75, 3.05) is 7.05 Å². The van der Waals surface area contributed by atoms with E-state index in [-0.39, 0.29) is 6.10 Å². The summed E-state index contributed by atoms with van der Waals surface area (Å²) >= 11 is 0. The summed E-state index contributed by atoms with van der Waals surface area (Å²) in [5, 5.41) is 25.5. The van der Waals surface area contributed by atoms with Gasteiger partial charge in [-0.3, -0.25) is 0 Å². The minimum atomic E-state index is -1.26. The Morgan fingerprint density at radius 2 is 1.73 bits per heavy atom. The van der Waals surface area contributed by atoms with Crippen LogP contribution in [0.5, 0.6) is 5.88 Å². The van der Waals surface area contributed by atoms with Gasteiger partial charge in [0.05, 0.1) is 5.69 Å². The molecule has 1 aromatic carbocycles. The van der Waals surface area contributed by atoms with Crippen LogP contribution in [0.4, 0.5) is 0 Å². The molecule has 9 nitrogen and oxygen atoms in total. The van der Waals surface area contributed by atoms with Gasteiger partial charge in [-0.1, -0.05) is 12.1 Å². The Bertz CT molecular complexity index is 1130. The van der Waals surface area contributed by atoms with Gasteiger partial charge in [0.15, 0.2) is 0 Å². The van der Waals surface area contributed by atoms with Crippen LogP contribution in [-0.2, 0) is 9.59 Å². The molecule has 0 amide bonds. The number of carbonyl (C=O) groups is 2. The second-order valence-corrected chi connectivity index (χ2v) is 8.27. The Morgan fingerprint density at radius 3 is 2.33 bits per heavy atom. The van der Waals surface area contributed by atoms with E-state index in [1.165, 1.54) is 12.8 Å². The van der Waals surface area contributed by atoms with Crippen molar-refractivity contribution in [2.24, 2.45) is 0 Å². The molecule has 3 aromatic rings. The minimum absolute atomic E-state index is 0.266. The molecule has 0 radical (unpaired) electrons. The molecule has 2 aliphatic rings. The number of ether oxygens (including phenoxy) is 1. The van der Waals surface area contributed by atoms with Crippen molar-refractivity contribution in [1.82, 2.24) is 20.1 Å². The lowest BCUT2D eigenvalue weighted by Crippen LogP contribution is -2.43. The lowest BCUT2D eigenvalue weighted by molar-refractivity contribution is -0.134. The molecule has 4 heterocycles. The van der Waals surface area contributed by atoms with Gasteiger partial charge in [-0.15, -0.1) is 10.2 Å². The molecule has 5 rings (SSSR count). The number of carboxylic acids is 2. The third-order valence-electron chi connectivity index (χ3n) is 6.22. The number of aliphatic carboxylic acids is 2. The number of fused-ring (bicyclic) bond motifs is 3. The third-order valence-corrected chi connectivity index (χ3v) is 6.22. The van der Waals surface area contributed by atoms with Crippen LogP contribution < -0.4 is 4.74 Å². The van der Waals surface area contributed by atoms with Gasteiger partial charge in [0.25, 0.3) is 0 Å². The quantitative estimate of drug-likeness (QED) is 0.505. The van der Waals surface area contributed by atoms with Crippen LogP contribution in [-0.4, -0.2) is 67.5 Å². The van der Waals surface area contributed by atoms with E-state index in [9.17, 15) is 9.59 Å². The maximum absolute atomic E-state index is 9.55. The van der Waals surface area contributed by atoms with Crippen LogP contribution >= 0.6 is 0 Å². The molecule has 2 aromatic heterocycles. The van der Waals surface area contributed by atoms with Crippen molar-refractivity contribution >= 4 is 22.8 Å². The van der Waals surface area contributed by atoms with Crippen LogP contribution in [0.15, 0.2) is 54.7 Å². The van der Waals surface area contributed by atoms with E-state index in [2.05, 4.69) is 45.3 Å². The Balaban J connectivity index is 0.000000281. The van der Waals surface area contributed by atoms with Crippen molar-refractivity contribution in [1.29, 1.82) is 0 Å².